The van der Waals surface area contributed by atoms with E-state index in [1.54, 1.807) is 0 Å². The molecule has 3 rings (SSSR count). The van der Waals surface area contributed by atoms with E-state index in [1.807, 2.05) is 11.3 Å². The van der Waals surface area contributed by atoms with Gasteiger partial charge in [-0.15, -0.1) is 11.3 Å². The summed E-state index contributed by atoms with van der Waals surface area (Å²) in [7, 11) is 0. The summed E-state index contributed by atoms with van der Waals surface area (Å²) in [5, 5.41) is 2.19. The Balaban J connectivity index is 1.85. The molecule has 104 valence electrons. The van der Waals surface area contributed by atoms with Crippen LogP contribution in [0.25, 0.3) is 0 Å². The smallest absolute Gasteiger partial charge is 0.0746 e. The molecule has 0 bridgehead atoms. The number of benzene rings is 1. The number of rotatable bonds is 4. The average Bonchev–Trinajstić information content (AvgIpc) is 2.93. The molecule has 1 aliphatic heterocycles. The molecule has 1 aliphatic rings. The Morgan fingerprint density at radius 1 is 1.30 bits per heavy atom. The summed E-state index contributed by atoms with van der Waals surface area (Å²) in [5.74, 6) is 0. The van der Waals surface area contributed by atoms with Crippen LogP contribution in [0.1, 0.15) is 28.5 Å². The first-order chi connectivity index (χ1) is 9.74. The van der Waals surface area contributed by atoms with E-state index in [0.29, 0.717) is 11.0 Å². The molecule has 2 N–H and O–H groups in total. The summed E-state index contributed by atoms with van der Waals surface area (Å²) >= 11 is 7.03. The molecule has 20 heavy (non-hydrogen) atoms. The quantitative estimate of drug-likeness (QED) is 0.876. The lowest BCUT2D eigenvalue weighted by molar-refractivity contribution is 0.185. The summed E-state index contributed by atoms with van der Waals surface area (Å²) in [5.41, 5.74) is 8.59. The van der Waals surface area contributed by atoms with E-state index in [4.69, 9.17) is 18.0 Å². The number of thiophene rings is 1. The van der Waals surface area contributed by atoms with Gasteiger partial charge in [-0.2, -0.15) is 0 Å². The van der Waals surface area contributed by atoms with Gasteiger partial charge >= 0.3 is 0 Å². The van der Waals surface area contributed by atoms with Gasteiger partial charge < -0.3 is 5.73 Å². The van der Waals surface area contributed by atoms with Crippen molar-refractivity contribution in [3.8, 4) is 0 Å². The molecular weight excluding hydrogens is 284 g/mol. The van der Waals surface area contributed by atoms with E-state index >= 15 is 0 Å². The molecule has 1 unspecified atom stereocenters. The minimum absolute atomic E-state index is 0.293. The molecule has 0 radical (unpaired) electrons. The third-order valence-electron chi connectivity index (χ3n) is 3.86. The molecule has 0 saturated carbocycles. The van der Waals surface area contributed by atoms with Gasteiger partial charge in [0.25, 0.3) is 0 Å². The second-order valence-electron chi connectivity index (χ2n) is 5.19. The van der Waals surface area contributed by atoms with Gasteiger partial charge in [-0.25, -0.2) is 0 Å². The van der Waals surface area contributed by atoms with Crippen molar-refractivity contribution in [2.75, 3.05) is 6.54 Å². The third-order valence-corrected chi connectivity index (χ3v) is 5.05. The topological polar surface area (TPSA) is 29.3 Å². The van der Waals surface area contributed by atoms with Crippen molar-refractivity contribution >= 4 is 28.5 Å². The highest BCUT2D eigenvalue weighted by molar-refractivity contribution is 7.80. The van der Waals surface area contributed by atoms with E-state index in [-0.39, 0.29) is 0 Å². The Hall–Kier alpha value is -1.23. The number of fused-ring (bicyclic) bond motifs is 1. The van der Waals surface area contributed by atoms with Gasteiger partial charge in [0.2, 0.25) is 0 Å². The summed E-state index contributed by atoms with van der Waals surface area (Å²) in [4.78, 5) is 4.63. The van der Waals surface area contributed by atoms with E-state index in [0.717, 1.165) is 25.9 Å². The first kappa shape index (κ1) is 13.7. The highest BCUT2D eigenvalue weighted by Gasteiger charge is 2.25. The number of nitrogens with zero attached hydrogens (tertiary/aromatic N) is 1. The molecule has 0 spiro atoms. The molecule has 2 nitrogen and oxygen atoms in total. The summed E-state index contributed by atoms with van der Waals surface area (Å²) in [6.45, 7) is 2.08. The highest BCUT2D eigenvalue weighted by atomic mass is 32.1. The third kappa shape index (κ3) is 2.92. The number of hydrogen-bond donors (Lipinski definition) is 1. The van der Waals surface area contributed by atoms with Gasteiger partial charge in [0.15, 0.2) is 0 Å². The second-order valence-corrected chi connectivity index (χ2v) is 6.71. The summed E-state index contributed by atoms with van der Waals surface area (Å²) in [6, 6.07) is 13.1. The molecule has 0 saturated heterocycles. The first-order valence-electron chi connectivity index (χ1n) is 6.86. The van der Waals surface area contributed by atoms with E-state index in [2.05, 4.69) is 46.7 Å². The Morgan fingerprint density at radius 3 is 2.85 bits per heavy atom. The SMILES string of the molecule is NC(=S)CC(c1ccccc1)N1CCc2sccc2C1. The zero-order chi connectivity index (χ0) is 13.9. The Bertz CT molecular complexity index is 592. The maximum atomic E-state index is 5.82. The van der Waals surface area contributed by atoms with E-state index in [1.165, 1.54) is 16.0 Å². The van der Waals surface area contributed by atoms with Crippen LogP contribution in [0.2, 0.25) is 0 Å². The second kappa shape index (κ2) is 6.04. The first-order valence-corrected chi connectivity index (χ1v) is 8.15. The Labute approximate surface area is 129 Å². The van der Waals surface area contributed by atoms with Crippen LogP contribution >= 0.6 is 23.6 Å². The van der Waals surface area contributed by atoms with Crippen molar-refractivity contribution < 1.29 is 0 Å². The zero-order valence-corrected chi connectivity index (χ0v) is 12.9. The maximum Gasteiger partial charge on any atom is 0.0746 e. The zero-order valence-electron chi connectivity index (χ0n) is 11.3. The van der Waals surface area contributed by atoms with Crippen LogP contribution in [0.5, 0.6) is 0 Å². The van der Waals surface area contributed by atoms with Gasteiger partial charge in [-0.05, 0) is 29.0 Å². The Morgan fingerprint density at radius 2 is 2.10 bits per heavy atom. The number of thiocarbonyl (C=S) groups is 1. The predicted molar refractivity (Wildman–Crippen MR) is 89.0 cm³/mol. The molecule has 0 amide bonds. The lowest BCUT2D eigenvalue weighted by Gasteiger charge is -2.34. The van der Waals surface area contributed by atoms with Gasteiger partial charge in [-0.3, -0.25) is 4.90 Å². The van der Waals surface area contributed by atoms with Gasteiger partial charge in [0.1, 0.15) is 0 Å². The fourth-order valence-corrected chi connectivity index (χ4v) is 3.91. The number of hydrogen-bond acceptors (Lipinski definition) is 3. The van der Waals surface area contributed by atoms with Crippen molar-refractivity contribution in [2.24, 2.45) is 5.73 Å². The predicted octanol–water partition coefficient (Wildman–Crippen LogP) is 3.52. The lowest BCUT2D eigenvalue weighted by atomic mass is 9.98. The van der Waals surface area contributed by atoms with Crippen molar-refractivity contribution in [3.63, 3.8) is 0 Å². The fourth-order valence-electron chi connectivity index (χ4n) is 2.86. The maximum absolute atomic E-state index is 5.82. The molecule has 4 heteroatoms. The van der Waals surface area contributed by atoms with Crippen LogP contribution in [0.15, 0.2) is 41.8 Å². The summed E-state index contributed by atoms with van der Waals surface area (Å²) in [6.07, 6.45) is 1.88. The van der Waals surface area contributed by atoms with Crippen LogP contribution in [0, 0.1) is 0 Å². The van der Waals surface area contributed by atoms with Gasteiger partial charge in [0.05, 0.1) is 4.99 Å². The molecule has 1 aromatic carbocycles. The molecule has 1 atom stereocenters. The van der Waals surface area contributed by atoms with Crippen molar-refractivity contribution in [2.45, 2.75) is 25.4 Å². The van der Waals surface area contributed by atoms with Crippen molar-refractivity contribution in [1.29, 1.82) is 0 Å². The normalized spacial score (nSPS) is 16.6. The standard InChI is InChI=1S/C16H18N2S2/c17-16(19)10-14(12-4-2-1-3-5-12)18-8-6-15-13(11-18)7-9-20-15/h1-5,7,9,14H,6,8,10-11H2,(H2,17,19). The van der Waals surface area contributed by atoms with Crippen molar-refractivity contribution in [3.05, 3.63) is 57.8 Å². The molecule has 0 fully saturated rings. The highest BCUT2D eigenvalue weighted by Crippen LogP contribution is 2.32. The molecule has 2 heterocycles. The van der Waals surface area contributed by atoms with Crippen LogP contribution in [-0.4, -0.2) is 16.4 Å². The lowest BCUT2D eigenvalue weighted by Crippen LogP contribution is -2.35. The minimum Gasteiger partial charge on any atom is -0.393 e. The Kier molecular flexibility index (Phi) is 4.15. The van der Waals surface area contributed by atoms with E-state index < -0.39 is 0 Å². The average molecular weight is 302 g/mol. The molecule has 0 aliphatic carbocycles. The fraction of sp³-hybridized carbons (Fsp3) is 0.312. The molecule has 1 aromatic heterocycles. The van der Waals surface area contributed by atoms with Crippen LogP contribution in [-0.2, 0) is 13.0 Å². The molecular formula is C16H18N2S2. The molecule has 2 aromatic rings. The summed E-state index contributed by atoms with van der Waals surface area (Å²) < 4.78 is 0. The van der Waals surface area contributed by atoms with Crippen molar-refractivity contribution in [1.82, 2.24) is 4.90 Å². The van der Waals surface area contributed by atoms with Gasteiger partial charge in [0, 0.05) is 30.4 Å². The number of nitrogens with two attached hydrogens (primary N) is 1. The van der Waals surface area contributed by atoms with Gasteiger partial charge in [-0.1, -0.05) is 42.5 Å². The van der Waals surface area contributed by atoms with Crippen LogP contribution < -0.4 is 5.73 Å². The monoisotopic (exact) mass is 302 g/mol. The minimum atomic E-state index is 0.293. The van der Waals surface area contributed by atoms with Crippen LogP contribution in [0.3, 0.4) is 0 Å². The van der Waals surface area contributed by atoms with Crippen LogP contribution in [0.4, 0.5) is 0 Å². The largest absolute Gasteiger partial charge is 0.393 e. The van der Waals surface area contributed by atoms with E-state index in [9.17, 15) is 0 Å².